The average Bonchev–Trinajstić information content (AvgIpc) is 2.93. The van der Waals surface area contributed by atoms with Crippen LogP contribution in [0.2, 0.25) is 0 Å². The van der Waals surface area contributed by atoms with Gasteiger partial charge in [-0.25, -0.2) is 4.98 Å². The van der Waals surface area contributed by atoms with E-state index in [4.69, 9.17) is 4.74 Å². The predicted octanol–water partition coefficient (Wildman–Crippen LogP) is 3.66. The minimum atomic E-state index is -4.38. The first-order valence-corrected chi connectivity index (χ1v) is 7.65. The fourth-order valence-corrected chi connectivity index (χ4v) is 2.71. The van der Waals surface area contributed by atoms with Crippen LogP contribution in [0.4, 0.5) is 13.2 Å². The second kappa shape index (κ2) is 7.12. The summed E-state index contributed by atoms with van der Waals surface area (Å²) in [5.41, 5.74) is 2.59. The van der Waals surface area contributed by atoms with Crippen molar-refractivity contribution in [2.24, 2.45) is 0 Å². The van der Waals surface area contributed by atoms with Gasteiger partial charge in [-0.1, -0.05) is 11.8 Å². The van der Waals surface area contributed by atoms with Gasteiger partial charge in [0, 0.05) is 23.1 Å². The number of rotatable bonds is 6. The number of ether oxygens (including phenoxy) is 2. The third-order valence-corrected chi connectivity index (χ3v) is 3.84. The molecule has 2 aromatic heterocycles. The number of alkyl halides is 3. The molecule has 0 amide bonds. The molecule has 0 fully saturated rings. The summed E-state index contributed by atoms with van der Waals surface area (Å²) in [6.45, 7) is 2.42. The van der Waals surface area contributed by atoms with Crippen LogP contribution in [0.15, 0.2) is 17.4 Å². The number of aromatic nitrogens is 3. The van der Waals surface area contributed by atoms with Crippen LogP contribution in [0.3, 0.4) is 0 Å². The number of nitrogens with one attached hydrogen (secondary N) is 1. The van der Waals surface area contributed by atoms with Crippen molar-refractivity contribution >= 4 is 11.8 Å². The highest BCUT2D eigenvalue weighted by molar-refractivity contribution is 7.98. The van der Waals surface area contributed by atoms with Gasteiger partial charge in [0.25, 0.3) is 0 Å². The second-order valence-corrected chi connectivity index (χ2v) is 5.75. The second-order valence-electron chi connectivity index (χ2n) is 4.78. The van der Waals surface area contributed by atoms with Gasteiger partial charge >= 0.3 is 6.18 Å². The zero-order chi connectivity index (χ0) is 17.0. The first-order chi connectivity index (χ1) is 10.8. The quantitative estimate of drug-likeness (QED) is 0.808. The molecule has 0 radical (unpaired) electrons. The Bertz CT molecular complexity index is 674. The van der Waals surface area contributed by atoms with Gasteiger partial charge in [-0.2, -0.15) is 13.2 Å². The van der Waals surface area contributed by atoms with Crippen molar-refractivity contribution < 1.29 is 22.6 Å². The number of aryl methyl sites for hydroxylation is 1. The van der Waals surface area contributed by atoms with Crippen LogP contribution in [-0.2, 0) is 5.75 Å². The van der Waals surface area contributed by atoms with Crippen LogP contribution in [0.5, 0.6) is 11.6 Å². The largest absolute Gasteiger partial charge is 0.496 e. The average molecular weight is 347 g/mol. The standard InChI is InChI=1S/C14H16F3N3O2S/c1-8-4-11(21-3)9(2)10(19-8)6-23-13-18-5-12(20-13)22-7-14(15,16)17/h4-5H,6-7H2,1-3H3,(H,18,20). The number of methoxy groups -OCH3 is 1. The fourth-order valence-electron chi connectivity index (χ4n) is 1.85. The summed E-state index contributed by atoms with van der Waals surface area (Å²) in [6, 6.07) is 1.85. The number of imidazole rings is 1. The molecule has 0 saturated heterocycles. The Kier molecular flexibility index (Phi) is 5.40. The topological polar surface area (TPSA) is 60.0 Å². The number of thioether (sulfide) groups is 1. The summed E-state index contributed by atoms with van der Waals surface area (Å²) in [7, 11) is 1.59. The van der Waals surface area contributed by atoms with Crippen LogP contribution in [0, 0.1) is 13.8 Å². The number of halogens is 3. The number of hydrogen-bond donors (Lipinski definition) is 1. The molecular formula is C14H16F3N3O2S. The molecule has 9 heteroatoms. The van der Waals surface area contributed by atoms with Crippen molar-refractivity contribution in [3.05, 3.63) is 29.2 Å². The van der Waals surface area contributed by atoms with Crippen molar-refractivity contribution in [3.8, 4) is 11.6 Å². The van der Waals surface area contributed by atoms with Crippen molar-refractivity contribution in [2.75, 3.05) is 13.7 Å². The molecule has 126 valence electrons. The summed E-state index contributed by atoms with van der Waals surface area (Å²) in [5, 5.41) is 0.462. The fraction of sp³-hybridized carbons (Fsp3) is 0.429. The molecule has 0 spiro atoms. The maximum Gasteiger partial charge on any atom is 0.422 e. The molecule has 0 atom stereocenters. The number of pyridine rings is 1. The molecule has 2 rings (SSSR count). The molecule has 0 aliphatic heterocycles. The molecule has 0 saturated carbocycles. The molecule has 0 aliphatic rings. The molecule has 0 bridgehead atoms. The van der Waals surface area contributed by atoms with E-state index < -0.39 is 12.8 Å². The van der Waals surface area contributed by atoms with E-state index in [0.717, 1.165) is 22.7 Å². The van der Waals surface area contributed by atoms with Gasteiger partial charge in [0.05, 0.1) is 19.0 Å². The Morgan fingerprint density at radius 1 is 1.30 bits per heavy atom. The van der Waals surface area contributed by atoms with Gasteiger partial charge < -0.3 is 14.5 Å². The highest BCUT2D eigenvalue weighted by Crippen LogP contribution is 2.27. The summed E-state index contributed by atoms with van der Waals surface area (Å²) in [5.74, 6) is 1.24. The van der Waals surface area contributed by atoms with Crippen molar-refractivity contribution in [1.82, 2.24) is 15.0 Å². The highest BCUT2D eigenvalue weighted by atomic mass is 32.2. The molecular weight excluding hydrogens is 331 g/mol. The zero-order valence-corrected chi connectivity index (χ0v) is 13.6. The molecule has 0 aliphatic carbocycles. The Balaban J connectivity index is 1.99. The number of nitrogens with zero attached hydrogens (tertiary/aromatic N) is 2. The maximum absolute atomic E-state index is 12.1. The van der Waals surface area contributed by atoms with E-state index in [1.807, 2.05) is 19.9 Å². The smallest absolute Gasteiger partial charge is 0.422 e. The molecule has 2 aromatic rings. The van der Waals surface area contributed by atoms with E-state index in [1.165, 1.54) is 18.0 Å². The number of H-pyrrole nitrogens is 1. The third-order valence-electron chi connectivity index (χ3n) is 2.94. The Labute approximate surface area is 135 Å². The van der Waals surface area contributed by atoms with Gasteiger partial charge in [0.1, 0.15) is 5.75 Å². The van der Waals surface area contributed by atoms with E-state index in [9.17, 15) is 13.2 Å². The van der Waals surface area contributed by atoms with E-state index in [0.29, 0.717) is 10.9 Å². The lowest BCUT2D eigenvalue weighted by molar-refractivity contribution is -0.154. The summed E-state index contributed by atoms with van der Waals surface area (Å²) < 4.78 is 46.1. The van der Waals surface area contributed by atoms with E-state index >= 15 is 0 Å². The Morgan fingerprint density at radius 2 is 2.04 bits per heavy atom. The normalized spacial score (nSPS) is 11.6. The molecule has 5 nitrogen and oxygen atoms in total. The summed E-state index contributed by atoms with van der Waals surface area (Å²) in [6.07, 6.45) is -3.15. The maximum atomic E-state index is 12.1. The van der Waals surface area contributed by atoms with Crippen LogP contribution >= 0.6 is 11.8 Å². The van der Waals surface area contributed by atoms with Crippen molar-refractivity contribution in [2.45, 2.75) is 30.9 Å². The molecule has 2 heterocycles. The van der Waals surface area contributed by atoms with Crippen molar-refractivity contribution in [3.63, 3.8) is 0 Å². The Hall–Kier alpha value is -1.90. The minimum Gasteiger partial charge on any atom is -0.496 e. The molecule has 0 unspecified atom stereocenters. The molecule has 1 N–H and O–H groups in total. The lowest BCUT2D eigenvalue weighted by atomic mass is 10.2. The van der Waals surface area contributed by atoms with Gasteiger partial charge in [0.2, 0.25) is 5.88 Å². The third kappa shape index (κ3) is 5.05. The van der Waals surface area contributed by atoms with Crippen LogP contribution in [0.1, 0.15) is 17.0 Å². The van der Waals surface area contributed by atoms with Crippen molar-refractivity contribution in [1.29, 1.82) is 0 Å². The van der Waals surface area contributed by atoms with Crippen LogP contribution in [0.25, 0.3) is 0 Å². The van der Waals surface area contributed by atoms with Crippen LogP contribution < -0.4 is 9.47 Å². The Morgan fingerprint density at radius 3 is 2.70 bits per heavy atom. The van der Waals surface area contributed by atoms with E-state index in [-0.39, 0.29) is 5.88 Å². The van der Waals surface area contributed by atoms with Gasteiger partial charge in [-0.05, 0) is 13.8 Å². The molecule has 0 aromatic carbocycles. The van der Waals surface area contributed by atoms with Crippen LogP contribution in [-0.4, -0.2) is 34.8 Å². The lowest BCUT2D eigenvalue weighted by Gasteiger charge is -2.10. The van der Waals surface area contributed by atoms with Gasteiger partial charge in [0.15, 0.2) is 11.8 Å². The molecule has 23 heavy (non-hydrogen) atoms. The zero-order valence-electron chi connectivity index (χ0n) is 12.8. The summed E-state index contributed by atoms with van der Waals surface area (Å²) in [4.78, 5) is 11.1. The van der Waals surface area contributed by atoms with E-state index in [1.54, 1.807) is 7.11 Å². The predicted molar refractivity (Wildman–Crippen MR) is 80.0 cm³/mol. The lowest BCUT2D eigenvalue weighted by Crippen LogP contribution is -2.19. The number of aromatic amines is 1. The minimum absolute atomic E-state index is 0.0173. The highest BCUT2D eigenvalue weighted by Gasteiger charge is 2.28. The van der Waals surface area contributed by atoms with Gasteiger partial charge in [-0.3, -0.25) is 4.98 Å². The number of hydrogen-bond acceptors (Lipinski definition) is 5. The first kappa shape index (κ1) is 17.5. The monoisotopic (exact) mass is 347 g/mol. The summed E-state index contributed by atoms with van der Waals surface area (Å²) >= 11 is 1.32. The van der Waals surface area contributed by atoms with Gasteiger partial charge in [-0.15, -0.1) is 0 Å². The van der Waals surface area contributed by atoms with E-state index in [2.05, 4.69) is 19.7 Å². The SMILES string of the molecule is COc1cc(C)nc(CSc2ncc(OCC(F)(F)F)[nH]2)c1C. The first-order valence-electron chi connectivity index (χ1n) is 6.67.